The van der Waals surface area contributed by atoms with E-state index in [0.717, 1.165) is 35.5 Å². The van der Waals surface area contributed by atoms with Crippen LogP contribution in [0, 0.1) is 0 Å². The average molecular weight is 389 g/mol. The second-order valence-corrected chi connectivity index (χ2v) is 8.41. The first kappa shape index (κ1) is 19.1. The Bertz CT molecular complexity index is 811. The van der Waals surface area contributed by atoms with Gasteiger partial charge in [0.2, 0.25) is 0 Å². The number of hydrogen-bond donors (Lipinski definition) is 0. The molecular weight excluding hydrogens is 364 g/mol. The molecule has 0 aliphatic heterocycles. The van der Waals surface area contributed by atoms with Crippen molar-refractivity contribution in [2.45, 2.75) is 43.6 Å². The van der Waals surface area contributed by atoms with Crippen molar-refractivity contribution in [1.82, 2.24) is 19.7 Å². The summed E-state index contributed by atoms with van der Waals surface area (Å²) >= 11 is 3.44. The number of nitrogens with zero attached hydrogens (tertiary/aromatic N) is 4. The van der Waals surface area contributed by atoms with E-state index in [1.54, 1.807) is 36.5 Å². The van der Waals surface area contributed by atoms with Crippen LogP contribution >= 0.6 is 23.1 Å². The highest BCUT2D eigenvalue weighted by atomic mass is 32.2. The van der Waals surface area contributed by atoms with E-state index in [4.69, 9.17) is 4.74 Å². The third-order valence-corrected chi connectivity index (χ3v) is 6.31. The summed E-state index contributed by atoms with van der Waals surface area (Å²) in [6.45, 7) is 6.04. The van der Waals surface area contributed by atoms with Crippen LogP contribution in [0.15, 0.2) is 41.9 Å². The number of benzene rings is 1. The zero-order valence-corrected chi connectivity index (χ0v) is 17.0. The first-order valence-corrected chi connectivity index (χ1v) is 10.5. The molecule has 0 amide bonds. The van der Waals surface area contributed by atoms with Gasteiger partial charge in [0.1, 0.15) is 11.3 Å². The molecule has 0 spiro atoms. The summed E-state index contributed by atoms with van der Waals surface area (Å²) in [4.78, 5) is 5.83. The van der Waals surface area contributed by atoms with Gasteiger partial charge in [0, 0.05) is 42.7 Å². The lowest BCUT2D eigenvalue weighted by Crippen LogP contribution is -2.01. The van der Waals surface area contributed by atoms with E-state index in [-0.39, 0.29) is 0 Å². The zero-order chi connectivity index (χ0) is 18.4. The molecule has 0 unspecified atom stereocenters. The maximum atomic E-state index is 5.11. The lowest BCUT2D eigenvalue weighted by atomic mass is 10.0. The Morgan fingerprint density at radius 1 is 1.23 bits per heavy atom. The van der Waals surface area contributed by atoms with Crippen LogP contribution in [0.2, 0.25) is 0 Å². The molecule has 26 heavy (non-hydrogen) atoms. The van der Waals surface area contributed by atoms with E-state index in [0.29, 0.717) is 5.92 Å². The predicted octanol–water partition coefficient (Wildman–Crippen LogP) is 4.85. The van der Waals surface area contributed by atoms with Crippen molar-refractivity contribution in [3.8, 4) is 10.6 Å². The minimum atomic E-state index is 0.550. The topological polar surface area (TPSA) is 52.8 Å². The molecule has 0 aliphatic rings. The van der Waals surface area contributed by atoms with Crippen LogP contribution in [0.3, 0.4) is 0 Å². The minimum Gasteiger partial charge on any atom is -0.385 e. The normalized spacial score (nSPS) is 11.4. The summed E-state index contributed by atoms with van der Waals surface area (Å²) in [5.74, 6) is 1.40. The smallest absolute Gasteiger partial charge is 0.191 e. The van der Waals surface area contributed by atoms with Crippen molar-refractivity contribution in [3.05, 3.63) is 47.2 Å². The molecule has 0 radical (unpaired) electrons. The number of thiazole rings is 1. The van der Waals surface area contributed by atoms with E-state index in [1.807, 2.05) is 6.20 Å². The Kier molecular flexibility index (Phi) is 6.82. The van der Waals surface area contributed by atoms with E-state index in [2.05, 4.69) is 57.9 Å². The van der Waals surface area contributed by atoms with Crippen LogP contribution in [0.25, 0.3) is 10.6 Å². The fourth-order valence-corrected chi connectivity index (χ4v) is 4.42. The Balaban J connectivity index is 1.60. The Morgan fingerprint density at radius 3 is 2.77 bits per heavy atom. The Morgan fingerprint density at radius 2 is 2.04 bits per heavy atom. The molecule has 0 saturated heterocycles. The molecule has 1 aromatic carbocycles. The monoisotopic (exact) mass is 388 g/mol. The molecule has 0 saturated carbocycles. The van der Waals surface area contributed by atoms with E-state index >= 15 is 0 Å². The number of hydrogen-bond acceptors (Lipinski definition) is 6. The van der Waals surface area contributed by atoms with Gasteiger partial charge in [0.15, 0.2) is 5.16 Å². The third-order valence-electron chi connectivity index (χ3n) is 4.05. The largest absolute Gasteiger partial charge is 0.385 e. The predicted molar refractivity (Wildman–Crippen MR) is 108 cm³/mol. The van der Waals surface area contributed by atoms with Crippen molar-refractivity contribution in [2.24, 2.45) is 0 Å². The average Bonchev–Trinajstić information content (AvgIpc) is 3.29. The summed E-state index contributed by atoms with van der Waals surface area (Å²) in [5.41, 5.74) is 2.53. The van der Waals surface area contributed by atoms with Gasteiger partial charge in [0.25, 0.3) is 0 Å². The molecule has 0 bridgehead atoms. The fourth-order valence-electron chi connectivity index (χ4n) is 2.54. The van der Waals surface area contributed by atoms with Gasteiger partial charge in [-0.2, -0.15) is 0 Å². The standard InChI is InChI=1S/C19H24N4OS2/c1-14(2)15-5-7-16(8-6-15)18-20-11-17(26-18)12-25-19-22-21-13-23(19)9-4-10-24-3/h5-8,11,13-14H,4,9-10,12H2,1-3H3. The van der Waals surface area contributed by atoms with Gasteiger partial charge < -0.3 is 9.30 Å². The molecule has 5 nitrogen and oxygen atoms in total. The summed E-state index contributed by atoms with van der Waals surface area (Å²) in [7, 11) is 1.72. The molecule has 138 valence electrons. The number of rotatable bonds is 9. The Labute approximate surface area is 162 Å². The van der Waals surface area contributed by atoms with Gasteiger partial charge in [-0.05, 0) is 17.9 Å². The van der Waals surface area contributed by atoms with Gasteiger partial charge in [-0.1, -0.05) is 49.9 Å². The molecule has 3 aromatic rings. The maximum absolute atomic E-state index is 5.11. The van der Waals surface area contributed by atoms with Crippen LogP contribution in [0.4, 0.5) is 0 Å². The van der Waals surface area contributed by atoms with Crippen molar-refractivity contribution < 1.29 is 4.74 Å². The van der Waals surface area contributed by atoms with E-state index in [1.165, 1.54) is 16.0 Å². The first-order chi connectivity index (χ1) is 12.7. The van der Waals surface area contributed by atoms with Gasteiger partial charge in [-0.15, -0.1) is 21.5 Å². The van der Waals surface area contributed by atoms with Crippen molar-refractivity contribution in [1.29, 1.82) is 0 Å². The first-order valence-electron chi connectivity index (χ1n) is 8.72. The number of methoxy groups -OCH3 is 1. The second-order valence-electron chi connectivity index (χ2n) is 6.35. The van der Waals surface area contributed by atoms with Gasteiger partial charge in [-0.3, -0.25) is 0 Å². The van der Waals surface area contributed by atoms with Crippen molar-refractivity contribution >= 4 is 23.1 Å². The van der Waals surface area contributed by atoms with Gasteiger partial charge in [-0.25, -0.2) is 4.98 Å². The van der Waals surface area contributed by atoms with Crippen LogP contribution in [0.1, 0.15) is 36.6 Å². The van der Waals surface area contributed by atoms with E-state index < -0.39 is 0 Å². The lowest BCUT2D eigenvalue weighted by molar-refractivity contribution is 0.189. The fraction of sp³-hybridized carbons (Fsp3) is 0.421. The van der Waals surface area contributed by atoms with Gasteiger partial charge >= 0.3 is 0 Å². The molecular formula is C19H24N4OS2. The number of ether oxygens (including phenoxy) is 1. The summed E-state index contributed by atoms with van der Waals surface area (Å²) < 4.78 is 7.19. The number of thioether (sulfide) groups is 1. The highest BCUT2D eigenvalue weighted by molar-refractivity contribution is 7.98. The molecule has 3 rings (SSSR count). The van der Waals surface area contributed by atoms with Crippen LogP contribution in [0.5, 0.6) is 0 Å². The maximum Gasteiger partial charge on any atom is 0.191 e. The second kappa shape index (κ2) is 9.30. The van der Waals surface area contributed by atoms with Crippen molar-refractivity contribution in [3.63, 3.8) is 0 Å². The van der Waals surface area contributed by atoms with Crippen molar-refractivity contribution in [2.75, 3.05) is 13.7 Å². The van der Waals surface area contributed by atoms with Gasteiger partial charge in [0.05, 0.1) is 0 Å². The number of aromatic nitrogens is 4. The van der Waals surface area contributed by atoms with Crippen LogP contribution < -0.4 is 0 Å². The van der Waals surface area contributed by atoms with Crippen LogP contribution in [-0.4, -0.2) is 33.5 Å². The molecule has 0 atom stereocenters. The Hall–Kier alpha value is -1.70. The molecule has 0 fully saturated rings. The SMILES string of the molecule is COCCCn1cnnc1SCc1cnc(-c2ccc(C(C)C)cc2)s1. The molecule has 7 heteroatoms. The highest BCUT2D eigenvalue weighted by Crippen LogP contribution is 2.30. The minimum absolute atomic E-state index is 0.550. The lowest BCUT2D eigenvalue weighted by Gasteiger charge is -2.05. The molecule has 2 heterocycles. The quantitative estimate of drug-likeness (QED) is 0.387. The molecule has 0 N–H and O–H groups in total. The van der Waals surface area contributed by atoms with Crippen LogP contribution in [-0.2, 0) is 17.0 Å². The highest BCUT2D eigenvalue weighted by Gasteiger charge is 2.09. The third kappa shape index (κ3) is 4.93. The summed E-state index contributed by atoms with van der Waals surface area (Å²) in [6, 6.07) is 8.71. The molecule has 0 aliphatic carbocycles. The zero-order valence-electron chi connectivity index (χ0n) is 15.4. The summed E-state index contributed by atoms with van der Waals surface area (Å²) in [5, 5.41) is 10.3. The molecule has 2 aromatic heterocycles. The summed E-state index contributed by atoms with van der Waals surface area (Å²) in [6.07, 6.45) is 4.71. The van der Waals surface area contributed by atoms with E-state index in [9.17, 15) is 0 Å². The number of aryl methyl sites for hydroxylation is 1.